The van der Waals surface area contributed by atoms with Gasteiger partial charge in [0.05, 0.1) is 0 Å². The number of aliphatic hydroxyl groups excluding tert-OH is 1. The summed E-state index contributed by atoms with van der Waals surface area (Å²) in [7, 11) is 0. The third-order valence-electron chi connectivity index (χ3n) is 1.62. The predicted molar refractivity (Wildman–Crippen MR) is 43.1 cm³/mol. The van der Waals surface area contributed by atoms with Gasteiger partial charge in [0.1, 0.15) is 6.73 Å². The van der Waals surface area contributed by atoms with Gasteiger partial charge in [-0.25, -0.2) is 4.68 Å². The molecule has 1 aromatic rings. The lowest BCUT2D eigenvalue weighted by molar-refractivity contribution is 0.186. The van der Waals surface area contributed by atoms with Gasteiger partial charge >= 0.3 is 0 Å². The summed E-state index contributed by atoms with van der Waals surface area (Å²) >= 11 is 0. The molecule has 0 fully saturated rings. The van der Waals surface area contributed by atoms with Crippen molar-refractivity contribution in [1.82, 2.24) is 9.78 Å². The fourth-order valence-corrected chi connectivity index (χ4v) is 1.08. The van der Waals surface area contributed by atoms with Gasteiger partial charge in [0.15, 0.2) is 0 Å². The lowest BCUT2D eigenvalue weighted by Crippen LogP contribution is -2.18. The highest BCUT2D eigenvalue weighted by Crippen LogP contribution is 2.20. The Labute approximate surface area is 66.7 Å². The molecule has 0 atom stereocenters. The topological polar surface area (TPSA) is 38.0 Å². The first kappa shape index (κ1) is 8.27. The average Bonchev–Trinajstić information content (AvgIpc) is 2.31. The first-order valence-corrected chi connectivity index (χ1v) is 3.69. The highest BCUT2D eigenvalue weighted by molar-refractivity contribution is 5.11. The van der Waals surface area contributed by atoms with Gasteiger partial charge in [-0.15, -0.1) is 0 Å². The number of nitrogens with zero attached hydrogens (tertiary/aromatic N) is 2. The Balaban J connectivity index is 3.02. The third-order valence-corrected chi connectivity index (χ3v) is 1.62. The normalized spacial score (nSPS) is 12.0. The summed E-state index contributed by atoms with van der Waals surface area (Å²) in [6, 6.07) is 1.93. The van der Waals surface area contributed by atoms with Crippen molar-refractivity contribution in [3.05, 3.63) is 18.0 Å². The van der Waals surface area contributed by atoms with Crippen LogP contribution in [0.2, 0.25) is 0 Å². The van der Waals surface area contributed by atoms with Crippen LogP contribution in [0.15, 0.2) is 12.3 Å². The molecule has 0 aliphatic rings. The zero-order chi connectivity index (χ0) is 8.48. The maximum absolute atomic E-state index is 8.87. The monoisotopic (exact) mass is 154 g/mol. The van der Waals surface area contributed by atoms with E-state index in [0.29, 0.717) is 0 Å². The van der Waals surface area contributed by atoms with Crippen molar-refractivity contribution in [3.8, 4) is 0 Å². The predicted octanol–water partition coefficient (Wildman–Crippen LogP) is 1.13. The van der Waals surface area contributed by atoms with E-state index in [2.05, 4.69) is 25.9 Å². The fourth-order valence-electron chi connectivity index (χ4n) is 1.08. The van der Waals surface area contributed by atoms with Crippen LogP contribution < -0.4 is 0 Å². The molecule has 0 aliphatic carbocycles. The minimum Gasteiger partial charge on any atom is -0.374 e. The van der Waals surface area contributed by atoms with E-state index in [1.165, 1.54) is 0 Å². The summed E-state index contributed by atoms with van der Waals surface area (Å²) in [5.41, 5.74) is 1.11. The van der Waals surface area contributed by atoms with Crippen LogP contribution in [0.5, 0.6) is 0 Å². The van der Waals surface area contributed by atoms with E-state index in [1.54, 1.807) is 10.9 Å². The SMILES string of the molecule is CC(C)(C)c1ccnn1CO. The molecule has 0 bridgehead atoms. The summed E-state index contributed by atoms with van der Waals surface area (Å²) < 4.78 is 1.60. The van der Waals surface area contributed by atoms with Crippen LogP contribution in [-0.2, 0) is 12.1 Å². The Morgan fingerprint density at radius 3 is 2.55 bits per heavy atom. The van der Waals surface area contributed by atoms with Crippen molar-refractivity contribution >= 4 is 0 Å². The fraction of sp³-hybridized carbons (Fsp3) is 0.625. The highest BCUT2D eigenvalue weighted by atomic mass is 16.3. The summed E-state index contributed by atoms with van der Waals surface area (Å²) in [4.78, 5) is 0. The molecule has 0 aliphatic heterocycles. The van der Waals surface area contributed by atoms with E-state index in [9.17, 15) is 0 Å². The van der Waals surface area contributed by atoms with Gasteiger partial charge < -0.3 is 5.11 Å². The molecular formula is C8H14N2O. The van der Waals surface area contributed by atoms with Gasteiger partial charge in [-0.3, -0.25) is 0 Å². The number of aliphatic hydroxyl groups is 1. The van der Waals surface area contributed by atoms with Crippen molar-refractivity contribution < 1.29 is 5.11 Å². The molecule has 0 radical (unpaired) electrons. The molecule has 1 rings (SSSR count). The maximum atomic E-state index is 8.87. The Hall–Kier alpha value is -0.830. The van der Waals surface area contributed by atoms with E-state index in [4.69, 9.17) is 5.11 Å². The van der Waals surface area contributed by atoms with E-state index >= 15 is 0 Å². The summed E-state index contributed by atoms with van der Waals surface area (Å²) in [6.07, 6.45) is 1.71. The largest absolute Gasteiger partial charge is 0.374 e. The number of hydrogen-bond acceptors (Lipinski definition) is 2. The Morgan fingerprint density at radius 2 is 2.18 bits per heavy atom. The number of hydrogen-bond donors (Lipinski definition) is 1. The van der Waals surface area contributed by atoms with Crippen molar-refractivity contribution in [1.29, 1.82) is 0 Å². The molecule has 0 saturated heterocycles. The first-order chi connectivity index (χ1) is 5.05. The average molecular weight is 154 g/mol. The molecule has 11 heavy (non-hydrogen) atoms. The molecule has 0 unspecified atom stereocenters. The van der Waals surface area contributed by atoms with E-state index in [1.807, 2.05) is 6.07 Å². The number of rotatable bonds is 1. The summed E-state index contributed by atoms with van der Waals surface area (Å²) in [6.45, 7) is 6.24. The van der Waals surface area contributed by atoms with Gasteiger partial charge in [0.2, 0.25) is 0 Å². The van der Waals surface area contributed by atoms with Crippen LogP contribution in [0.25, 0.3) is 0 Å². The molecule has 3 heteroatoms. The van der Waals surface area contributed by atoms with E-state index in [-0.39, 0.29) is 12.1 Å². The minimum absolute atomic E-state index is 0.0421. The quantitative estimate of drug-likeness (QED) is 0.658. The lowest BCUT2D eigenvalue weighted by Gasteiger charge is -2.18. The van der Waals surface area contributed by atoms with Crippen LogP contribution in [0.3, 0.4) is 0 Å². The molecule has 0 spiro atoms. The van der Waals surface area contributed by atoms with Gasteiger partial charge in [-0.1, -0.05) is 20.8 Å². The molecule has 1 N–H and O–H groups in total. The van der Waals surface area contributed by atoms with Crippen LogP contribution in [0.1, 0.15) is 26.5 Å². The van der Waals surface area contributed by atoms with Gasteiger partial charge in [-0.2, -0.15) is 5.10 Å². The molecule has 0 amide bonds. The second-order valence-corrected chi connectivity index (χ2v) is 3.61. The summed E-state index contributed by atoms with van der Waals surface area (Å²) in [5.74, 6) is 0. The molecule has 0 saturated carbocycles. The second kappa shape index (κ2) is 2.66. The van der Waals surface area contributed by atoms with Gasteiger partial charge in [0.25, 0.3) is 0 Å². The maximum Gasteiger partial charge on any atom is 0.136 e. The standard InChI is InChI=1S/C8H14N2O/c1-8(2,3)7-4-5-9-10(7)6-11/h4-5,11H,6H2,1-3H3. The van der Waals surface area contributed by atoms with Crippen molar-refractivity contribution in [2.45, 2.75) is 32.9 Å². The molecule has 62 valence electrons. The number of aromatic nitrogens is 2. The van der Waals surface area contributed by atoms with Crippen molar-refractivity contribution in [2.24, 2.45) is 0 Å². The second-order valence-electron chi connectivity index (χ2n) is 3.61. The first-order valence-electron chi connectivity index (χ1n) is 3.69. The summed E-state index contributed by atoms with van der Waals surface area (Å²) in [5, 5.41) is 12.8. The minimum atomic E-state index is -0.0421. The van der Waals surface area contributed by atoms with Gasteiger partial charge in [-0.05, 0) is 6.07 Å². The Kier molecular flexibility index (Phi) is 2.00. The zero-order valence-electron chi connectivity index (χ0n) is 7.20. The highest BCUT2D eigenvalue weighted by Gasteiger charge is 2.17. The van der Waals surface area contributed by atoms with E-state index < -0.39 is 0 Å². The Bertz CT molecular complexity index is 234. The van der Waals surface area contributed by atoms with Crippen molar-refractivity contribution in [3.63, 3.8) is 0 Å². The molecule has 3 nitrogen and oxygen atoms in total. The Morgan fingerprint density at radius 1 is 1.55 bits per heavy atom. The van der Waals surface area contributed by atoms with Crippen LogP contribution >= 0.6 is 0 Å². The van der Waals surface area contributed by atoms with Crippen LogP contribution in [0, 0.1) is 0 Å². The van der Waals surface area contributed by atoms with Crippen LogP contribution in [-0.4, -0.2) is 14.9 Å². The van der Waals surface area contributed by atoms with Crippen LogP contribution in [0.4, 0.5) is 0 Å². The zero-order valence-corrected chi connectivity index (χ0v) is 7.20. The van der Waals surface area contributed by atoms with Gasteiger partial charge in [0, 0.05) is 17.3 Å². The molecule has 0 aromatic carbocycles. The van der Waals surface area contributed by atoms with Crippen molar-refractivity contribution in [2.75, 3.05) is 0 Å². The molecular weight excluding hydrogens is 140 g/mol. The smallest absolute Gasteiger partial charge is 0.136 e. The third kappa shape index (κ3) is 1.60. The molecule has 1 aromatic heterocycles. The van der Waals surface area contributed by atoms with E-state index in [0.717, 1.165) is 5.69 Å². The lowest BCUT2D eigenvalue weighted by atomic mass is 9.92. The molecule has 1 heterocycles.